The van der Waals surface area contributed by atoms with Crippen LogP contribution >= 0.6 is 11.6 Å². The van der Waals surface area contributed by atoms with Crippen molar-refractivity contribution >= 4 is 23.5 Å². The molecule has 1 atom stereocenters. The molecule has 0 bridgehead atoms. The first kappa shape index (κ1) is 24.0. The number of carbonyl (C=O) groups excluding carboxylic acids is 1. The monoisotopic (exact) mass is 416 g/mol. The smallest absolute Gasteiger partial charge is 0.334 e. The molecule has 2 rings (SSSR count). The van der Waals surface area contributed by atoms with Gasteiger partial charge >= 0.3 is 11.9 Å². The zero-order chi connectivity index (χ0) is 21.8. The SMILES string of the molecule is C=C(C)C(=O)OC(Cl)c1ccccc1.C=C(CCCc1ccc(O)cc1)C(=O)O. The van der Waals surface area contributed by atoms with E-state index in [1.54, 1.807) is 31.2 Å². The maximum Gasteiger partial charge on any atom is 0.334 e. The number of alkyl halides is 1. The molecule has 0 heterocycles. The Morgan fingerprint density at radius 3 is 2.17 bits per heavy atom. The van der Waals surface area contributed by atoms with E-state index in [2.05, 4.69) is 13.2 Å². The fourth-order valence-electron chi connectivity index (χ4n) is 2.14. The summed E-state index contributed by atoms with van der Waals surface area (Å²) in [5.74, 6) is -1.16. The van der Waals surface area contributed by atoms with Gasteiger partial charge in [0, 0.05) is 16.7 Å². The van der Waals surface area contributed by atoms with Crippen molar-refractivity contribution in [3.8, 4) is 5.75 Å². The number of benzene rings is 2. The highest BCUT2D eigenvalue weighted by Gasteiger charge is 2.13. The molecule has 2 N–H and O–H groups in total. The molecule has 0 radical (unpaired) electrons. The van der Waals surface area contributed by atoms with Gasteiger partial charge in [-0.1, -0.05) is 67.2 Å². The van der Waals surface area contributed by atoms with Crippen molar-refractivity contribution in [2.24, 2.45) is 0 Å². The first-order valence-corrected chi connectivity index (χ1v) is 9.38. The van der Waals surface area contributed by atoms with Crippen molar-refractivity contribution < 1.29 is 24.5 Å². The third-order valence-electron chi connectivity index (χ3n) is 3.80. The number of esters is 1. The van der Waals surface area contributed by atoms with Crippen LogP contribution in [-0.2, 0) is 20.7 Å². The summed E-state index contributed by atoms with van der Waals surface area (Å²) in [6.07, 6.45) is 2.05. The minimum absolute atomic E-state index is 0.244. The van der Waals surface area contributed by atoms with E-state index < -0.39 is 17.5 Å². The van der Waals surface area contributed by atoms with Crippen molar-refractivity contribution in [3.63, 3.8) is 0 Å². The summed E-state index contributed by atoms with van der Waals surface area (Å²) in [4.78, 5) is 21.6. The Labute approximate surface area is 175 Å². The van der Waals surface area contributed by atoms with Gasteiger partial charge in [-0.05, 0) is 43.9 Å². The maximum atomic E-state index is 11.1. The van der Waals surface area contributed by atoms with E-state index in [9.17, 15) is 9.59 Å². The third kappa shape index (κ3) is 9.63. The van der Waals surface area contributed by atoms with Crippen LogP contribution in [0.2, 0.25) is 0 Å². The summed E-state index contributed by atoms with van der Waals surface area (Å²) in [7, 11) is 0. The van der Waals surface area contributed by atoms with Gasteiger partial charge in [-0.15, -0.1) is 0 Å². The fraction of sp³-hybridized carbons (Fsp3) is 0.217. The molecule has 0 aliphatic carbocycles. The zero-order valence-corrected chi connectivity index (χ0v) is 17.1. The molecule has 0 saturated carbocycles. The van der Waals surface area contributed by atoms with Gasteiger partial charge in [0.1, 0.15) is 5.75 Å². The lowest BCUT2D eigenvalue weighted by Gasteiger charge is -2.10. The molecule has 0 aliphatic rings. The Balaban J connectivity index is 0.000000291. The van der Waals surface area contributed by atoms with E-state index in [0.29, 0.717) is 12.0 Å². The number of halogens is 1. The van der Waals surface area contributed by atoms with Gasteiger partial charge < -0.3 is 14.9 Å². The quantitative estimate of drug-likeness (QED) is 0.342. The van der Waals surface area contributed by atoms with Crippen LogP contribution in [-0.4, -0.2) is 22.2 Å². The number of phenols is 1. The molecule has 2 aromatic carbocycles. The lowest BCUT2D eigenvalue weighted by molar-refractivity contribution is -0.141. The molecule has 0 spiro atoms. The number of aromatic hydroxyl groups is 1. The van der Waals surface area contributed by atoms with E-state index in [-0.39, 0.29) is 11.3 Å². The molecule has 0 amide bonds. The van der Waals surface area contributed by atoms with Gasteiger partial charge in [0.25, 0.3) is 0 Å². The van der Waals surface area contributed by atoms with Crippen molar-refractivity contribution in [2.45, 2.75) is 31.7 Å². The molecule has 0 aliphatic heterocycles. The molecule has 154 valence electrons. The second-order valence-electron chi connectivity index (χ2n) is 6.34. The molecular weight excluding hydrogens is 392 g/mol. The van der Waals surface area contributed by atoms with Crippen LogP contribution in [0, 0.1) is 0 Å². The summed E-state index contributed by atoms with van der Waals surface area (Å²) < 4.78 is 4.92. The van der Waals surface area contributed by atoms with Crippen LogP contribution in [0.25, 0.3) is 0 Å². The number of aryl methyl sites for hydroxylation is 1. The van der Waals surface area contributed by atoms with Crippen LogP contribution in [0.4, 0.5) is 0 Å². The molecule has 0 saturated heterocycles. The highest BCUT2D eigenvalue weighted by atomic mass is 35.5. The van der Waals surface area contributed by atoms with Crippen molar-refractivity contribution in [1.82, 2.24) is 0 Å². The molecule has 0 fully saturated rings. The Kier molecular flexibility index (Phi) is 10.3. The summed E-state index contributed by atoms with van der Waals surface area (Å²) in [6.45, 7) is 8.51. The predicted molar refractivity (Wildman–Crippen MR) is 114 cm³/mol. The van der Waals surface area contributed by atoms with Crippen LogP contribution in [0.5, 0.6) is 5.75 Å². The van der Waals surface area contributed by atoms with Crippen LogP contribution in [0.15, 0.2) is 78.9 Å². The number of rotatable bonds is 8. The van der Waals surface area contributed by atoms with Gasteiger partial charge in [-0.2, -0.15) is 0 Å². The van der Waals surface area contributed by atoms with E-state index >= 15 is 0 Å². The standard InChI is InChI=1S/C12H14O3.C11H11ClO2/c1-9(12(14)15)3-2-4-10-5-7-11(13)8-6-10;1-8(2)11(13)14-10(12)9-6-4-3-5-7-9/h5-8,13H,1-4H2,(H,14,15);3-7,10H,1H2,2H3. The summed E-state index contributed by atoms with van der Waals surface area (Å²) >= 11 is 5.86. The Hall–Kier alpha value is -3.05. The molecule has 1 unspecified atom stereocenters. The van der Waals surface area contributed by atoms with Gasteiger partial charge in [-0.3, -0.25) is 0 Å². The minimum Gasteiger partial charge on any atom is -0.508 e. The highest BCUT2D eigenvalue weighted by Crippen LogP contribution is 2.22. The molecule has 2 aromatic rings. The van der Waals surface area contributed by atoms with Crippen LogP contribution in [0.3, 0.4) is 0 Å². The number of ether oxygens (including phenoxy) is 1. The van der Waals surface area contributed by atoms with Gasteiger partial charge in [0.05, 0.1) is 0 Å². The number of hydrogen-bond acceptors (Lipinski definition) is 4. The summed E-state index contributed by atoms with van der Waals surface area (Å²) in [5, 5.41) is 17.6. The maximum absolute atomic E-state index is 11.1. The Morgan fingerprint density at radius 2 is 1.66 bits per heavy atom. The van der Waals surface area contributed by atoms with Crippen molar-refractivity contribution in [2.75, 3.05) is 0 Å². The Morgan fingerprint density at radius 1 is 1.07 bits per heavy atom. The number of carboxylic acid groups (broad SMARTS) is 1. The van der Waals surface area contributed by atoms with Gasteiger partial charge in [0.2, 0.25) is 5.56 Å². The van der Waals surface area contributed by atoms with Crippen molar-refractivity contribution in [1.29, 1.82) is 0 Å². The second kappa shape index (κ2) is 12.4. The van der Waals surface area contributed by atoms with Crippen molar-refractivity contribution in [3.05, 3.63) is 90.0 Å². The number of carbonyl (C=O) groups is 2. The fourth-order valence-corrected chi connectivity index (χ4v) is 2.37. The summed E-state index contributed by atoms with van der Waals surface area (Å²) in [5.41, 5.74) is 1.68. The van der Waals surface area contributed by atoms with Crippen LogP contribution in [0.1, 0.15) is 36.5 Å². The molecular formula is C23H25ClO5. The van der Waals surface area contributed by atoms with Crippen LogP contribution < -0.4 is 0 Å². The minimum atomic E-state index is -0.930. The first-order chi connectivity index (χ1) is 13.7. The van der Waals surface area contributed by atoms with Gasteiger partial charge in [0.15, 0.2) is 0 Å². The van der Waals surface area contributed by atoms with E-state index in [1.165, 1.54) is 0 Å². The average molecular weight is 417 g/mol. The Bertz CT molecular complexity index is 828. The molecule has 29 heavy (non-hydrogen) atoms. The normalized spacial score (nSPS) is 10.8. The number of phenolic OH excluding ortho intramolecular Hbond substituents is 1. The molecule has 6 heteroatoms. The number of aliphatic carboxylic acids is 1. The van der Waals surface area contributed by atoms with E-state index in [0.717, 1.165) is 24.0 Å². The van der Waals surface area contributed by atoms with E-state index in [4.69, 9.17) is 26.6 Å². The third-order valence-corrected chi connectivity index (χ3v) is 4.14. The lowest BCUT2D eigenvalue weighted by atomic mass is 10.1. The van der Waals surface area contributed by atoms with E-state index in [1.807, 2.05) is 30.3 Å². The molecule has 5 nitrogen and oxygen atoms in total. The number of hydrogen-bond donors (Lipinski definition) is 2. The highest BCUT2D eigenvalue weighted by molar-refractivity contribution is 6.20. The molecule has 0 aromatic heterocycles. The number of carboxylic acids is 1. The zero-order valence-electron chi connectivity index (χ0n) is 16.3. The first-order valence-electron chi connectivity index (χ1n) is 8.95. The van der Waals surface area contributed by atoms with Gasteiger partial charge in [-0.25, -0.2) is 9.59 Å². The summed E-state index contributed by atoms with van der Waals surface area (Å²) in [6, 6.07) is 16.0. The second-order valence-corrected chi connectivity index (χ2v) is 6.74. The topological polar surface area (TPSA) is 83.8 Å². The average Bonchev–Trinajstić information content (AvgIpc) is 2.70. The lowest BCUT2D eigenvalue weighted by Crippen LogP contribution is -2.07. The predicted octanol–water partition coefficient (Wildman–Crippen LogP) is 5.40. The largest absolute Gasteiger partial charge is 0.508 e.